The first-order valence-corrected chi connectivity index (χ1v) is 7.41. The van der Waals surface area contributed by atoms with Crippen LogP contribution in [0.3, 0.4) is 0 Å². The summed E-state index contributed by atoms with van der Waals surface area (Å²) in [7, 11) is 0. The van der Waals surface area contributed by atoms with Gasteiger partial charge in [0.2, 0.25) is 0 Å². The highest BCUT2D eigenvalue weighted by Crippen LogP contribution is 2.27. The zero-order valence-electron chi connectivity index (χ0n) is 14.4. The molecule has 0 aliphatic heterocycles. The fourth-order valence-electron chi connectivity index (χ4n) is 2.72. The summed E-state index contributed by atoms with van der Waals surface area (Å²) in [5, 5.41) is 3.88. The normalized spacial score (nSPS) is 10.9. The lowest BCUT2D eigenvalue weighted by molar-refractivity contribution is 0.0469. The van der Waals surface area contributed by atoms with Crippen molar-refractivity contribution in [1.82, 2.24) is 5.16 Å². The van der Waals surface area contributed by atoms with E-state index in [1.54, 1.807) is 0 Å². The number of ether oxygens (including phenoxy) is 1. The van der Waals surface area contributed by atoms with Crippen molar-refractivity contribution in [2.45, 2.75) is 55.1 Å². The van der Waals surface area contributed by atoms with Gasteiger partial charge in [0.1, 0.15) is 12.4 Å². The van der Waals surface area contributed by atoms with E-state index in [1.165, 1.54) is 5.56 Å². The van der Waals surface area contributed by atoms with Crippen molar-refractivity contribution in [3.63, 3.8) is 0 Å². The topological polar surface area (TPSA) is 52.3 Å². The SMILES string of the molecule is Cc1noc(C)c1COC(=O)c1c(C)c(C)c(C)c(C)c1C. The van der Waals surface area contributed by atoms with Crippen LogP contribution in [0, 0.1) is 48.5 Å². The average molecular weight is 301 g/mol. The molecule has 0 N–H and O–H groups in total. The number of carbonyl (C=O) groups is 1. The van der Waals surface area contributed by atoms with Crippen LogP contribution in [0.4, 0.5) is 0 Å². The third-order valence-electron chi connectivity index (χ3n) is 4.73. The summed E-state index contributed by atoms with van der Waals surface area (Å²) in [6, 6.07) is 0. The van der Waals surface area contributed by atoms with Gasteiger partial charge in [0.25, 0.3) is 0 Å². The molecule has 0 radical (unpaired) electrons. The number of hydrogen-bond donors (Lipinski definition) is 0. The highest BCUT2D eigenvalue weighted by Gasteiger charge is 2.20. The molecule has 0 spiro atoms. The molecule has 1 aromatic heterocycles. The molecular weight excluding hydrogens is 278 g/mol. The lowest BCUT2D eigenvalue weighted by atomic mass is 9.90. The highest BCUT2D eigenvalue weighted by atomic mass is 16.5. The van der Waals surface area contributed by atoms with Crippen molar-refractivity contribution in [3.05, 3.63) is 50.4 Å². The van der Waals surface area contributed by atoms with E-state index < -0.39 is 0 Å². The van der Waals surface area contributed by atoms with Crippen molar-refractivity contribution >= 4 is 5.97 Å². The number of esters is 1. The second kappa shape index (κ2) is 5.95. The predicted octanol–water partition coefficient (Wildman–Crippen LogP) is 4.19. The monoisotopic (exact) mass is 301 g/mol. The maximum absolute atomic E-state index is 12.5. The zero-order chi connectivity index (χ0) is 16.6. The van der Waals surface area contributed by atoms with Crippen molar-refractivity contribution in [1.29, 1.82) is 0 Å². The largest absolute Gasteiger partial charge is 0.457 e. The van der Waals surface area contributed by atoms with E-state index in [0.717, 1.165) is 33.5 Å². The van der Waals surface area contributed by atoms with Crippen LogP contribution >= 0.6 is 0 Å². The van der Waals surface area contributed by atoms with Crippen molar-refractivity contribution < 1.29 is 14.1 Å². The van der Waals surface area contributed by atoms with E-state index in [-0.39, 0.29) is 12.6 Å². The van der Waals surface area contributed by atoms with Crippen LogP contribution in [0.15, 0.2) is 4.52 Å². The first-order chi connectivity index (χ1) is 10.3. The van der Waals surface area contributed by atoms with Gasteiger partial charge >= 0.3 is 5.97 Å². The molecule has 2 rings (SSSR count). The van der Waals surface area contributed by atoms with Gasteiger partial charge in [-0.15, -0.1) is 0 Å². The summed E-state index contributed by atoms with van der Waals surface area (Å²) < 4.78 is 10.6. The molecule has 0 fully saturated rings. The lowest BCUT2D eigenvalue weighted by Crippen LogP contribution is -2.13. The smallest absolute Gasteiger partial charge is 0.339 e. The molecule has 4 heteroatoms. The average Bonchev–Trinajstić information content (AvgIpc) is 2.80. The predicted molar refractivity (Wildman–Crippen MR) is 85.2 cm³/mol. The van der Waals surface area contributed by atoms with Crippen LogP contribution < -0.4 is 0 Å². The number of aromatic nitrogens is 1. The molecule has 0 atom stereocenters. The third kappa shape index (κ3) is 2.65. The van der Waals surface area contributed by atoms with E-state index in [4.69, 9.17) is 9.26 Å². The van der Waals surface area contributed by atoms with Crippen LogP contribution in [-0.4, -0.2) is 11.1 Å². The zero-order valence-corrected chi connectivity index (χ0v) is 14.4. The van der Waals surface area contributed by atoms with Gasteiger partial charge in [0, 0.05) is 0 Å². The Morgan fingerprint density at radius 1 is 0.909 bits per heavy atom. The fraction of sp³-hybridized carbons (Fsp3) is 0.444. The molecule has 1 aromatic carbocycles. The molecule has 118 valence electrons. The number of nitrogens with zero attached hydrogens (tertiary/aromatic N) is 1. The molecule has 0 saturated heterocycles. The van der Waals surface area contributed by atoms with E-state index in [1.807, 2.05) is 41.5 Å². The maximum atomic E-state index is 12.5. The Hall–Kier alpha value is -2.10. The Balaban J connectivity index is 2.31. The highest BCUT2D eigenvalue weighted by molar-refractivity contribution is 5.93. The molecule has 0 aliphatic rings. The van der Waals surface area contributed by atoms with Gasteiger partial charge in [-0.25, -0.2) is 4.79 Å². The number of rotatable bonds is 3. The van der Waals surface area contributed by atoms with Crippen LogP contribution in [0.1, 0.15) is 55.2 Å². The van der Waals surface area contributed by atoms with E-state index in [0.29, 0.717) is 11.3 Å². The minimum atomic E-state index is -0.291. The first-order valence-electron chi connectivity index (χ1n) is 7.41. The summed E-state index contributed by atoms with van der Waals surface area (Å²) in [6.07, 6.45) is 0. The molecule has 0 saturated carbocycles. The van der Waals surface area contributed by atoms with Crippen LogP contribution in [-0.2, 0) is 11.3 Å². The molecular formula is C18H23NO3. The summed E-state index contributed by atoms with van der Waals surface area (Å²) in [5.74, 6) is 0.399. The quantitative estimate of drug-likeness (QED) is 0.798. The van der Waals surface area contributed by atoms with E-state index >= 15 is 0 Å². The fourth-order valence-corrected chi connectivity index (χ4v) is 2.72. The third-order valence-corrected chi connectivity index (χ3v) is 4.73. The second-order valence-electron chi connectivity index (χ2n) is 5.88. The second-order valence-corrected chi connectivity index (χ2v) is 5.88. The first kappa shape index (κ1) is 16.3. The summed E-state index contributed by atoms with van der Waals surface area (Å²) in [5.41, 5.74) is 7.78. The lowest BCUT2D eigenvalue weighted by Gasteiger charge is -2.17. The van der Waals surface area contributed by atoms with Gasteiger partial charge in [0.15, 0.2) is 0 Å². The summed E-state index contributed by atoms with van der Waals surface area (Å²) in [4.78, 5) is 12.5. The molecule has 1 heterocycles. The minimum Gasteiger partial charge on any atom is -0.457 e. The summed E-state index contributed by atoms with van der Waals surface area (Å²) >= 11 is 0. The Bertz CT molecular complexity index is 693. The van der Waals surface area contributed by atoms with Crippen LogP contribution in [0.25, 0.3) is 0 Å². The Morgan fingerprint density at radius 3 is 1.86 bits per heavy atom. The number of benzene rings is 1. The van der Waals surface area contributed by atoms with Gasteiger partial charge in [-0.3, -0.25) is 0 Å². The molecule has 0 aliphatic carbocycles. The van der Waals surface area contributed by atoms with E-state index in [2.05, 4.69) is 12.1 Å². The molecule has 0 amide bonds. The number of aryl methyl sites for hydroxylation is 2. The molecule has 0 bridgehead atoms. The van der Waals surface area contributed by atoms with Crippen molar-refractivity contribution in [2.24, 2.45) is 0 Å². The number of hydrogen-bond acceptors (Lipinski definition) is 4. The van der Waals surface area contributed by atoms with Gasteiger partial charge in [-0.05, 0) is 76.3 Å². The number of carbonyl (C=O) groups excluding carboxylic acids is 1. The molecule has 0 unspecified atom stereocenters. The van der Waals surface area contributed by atoms with Gasteiger partial charge < -0.3 is 9.26 Å². The maximum Gasteiger partial charge on any atom is 0.339 e. The molecule has 2 aromatic rings. The van der Waals surface area contributed by atoms with Crippen molar-refractivity contribution in [3.8, 4) is 0 Å². The van der Waals surface area contributed by atoms with Gasteiger partial charge in [0.05, 0.1) is 16.8 Å². The van der Waals surface area contributed by atoms with Gasteiger partial charge in [-0.2, -0.15) is 0 Å². The Labute approximate surface area is 131 Å². The van der Waals surface area contributed by atoms with Crippen LogP contribution in [0.2, 0.25) is 0 Å². The van der Waals surface area contributed by atoms with Crippen molar-refractivity contribution in [2.75, 3.05) is 0 Å². The Kier molecular flexibility index (Phi) is 4.40. The van der Waals surface area contributed by atoms with Crippen LogP contribution in [0.5, 0.6) is 0 Å². The minimum absolute atomic E-state index is 0.185. The Morgan fingerprint density at radius 2 is 1.41 bits per heavy atom. The standard InChI is InChI=1S/C18H23NO3/c1-9-10(2)12(4)17(13(5)11(9)3)18(20)21-8-16-14(6)19-22-15(16)7/h8H2,1-7H3. The molecule has 22 heavy (non-hydrogen) atoms. The van der Waals surface area contributed by atoms with E-state index in [9.17, 15) is 4.79 Å². The van der Waals surface area contributed by atoms with Gasteiger partial charge in [-0.1, -0.05) is 5.16 Å². The summed E-state index contributed by atoms with van der Waals surface area (Å²) in [6.45, 7) is 14.0. The molecule has 4 nitrogen and oxygen atoms in total.